The van der Waals surface area contributed by atoms with Crippen molar-refractivity contribution in [1.82, 2.24) is 5.32 Å². The highest BCUT2D eigenvalue weighted by Gasteiger charge is 2.18. The van der Waals surface area contributed by atoms with Gasteiger partial charge in [0.2, 0.25) is 5.76 Å². The van der Waals surface area contributed by atoms with Crippen LogP contribution in [0.1, 0.15) is 45.6 Å². The van der Waals surface area contributed by atoms with E-state index in [-0.39, 0.29) is 17.6 Å². The molecule has 0 aromatic carbocycles. The van der Waals surface area contributed by atoms with E-state index in [1.54, 1.807) is 19.1 Å². The van der Waals surface area contributed by atoms with Crippen LogP contribution in [0.3, 0.4) is 0 Å². The normalized spacial score (nSPS) is 12.1. The summed E-state index contributed by atoms with van der Waals surface area (Å²) in [6, 6.07) is 5.79. The van der Waals surface area contributed by atoms with Gasteiger partial charge in [-0.3, -0.25) is 4.79 Å². The maximum Gasteiger partial charge on any atom is 0.371 e. The number of carbonyl (C=O) groups is 2. The molecule has 0 aliphatic rings. The second kappa shape index (κ2) is 5.01. The fourth-order valence-electron chi connectivity index (χ4n) is 1.60. The molecule has 0 fully saturated rings. The van der Waals surface area contributed by atoms with Crippen molar-refractivity contribution in [3.8, 4) is 0 Å². The van der Waals surface area contributed by atoms with E-state index in [1.165, 1.54) is 12.1 Å². The van der Waals surface area contributed by atoms with Crippen LogP contribution < -0.4 is 5.32 Å². The van der Waals surface area contributed by atoms with Gasteiger partial charge in [0.15, 0.2) is 5.76 Å². The molecule has 0 aliphatic carbocycles. The zero-order valence-corrected chi connectivity index (χ0v) is 10.5. The van der Waals surface area contributed by atoms with Gasteiger partial charge in [0.1, 0.15) is 11.5 Å². The lowest BCUT2D eigenvalue weighted by Crippen LogP contribution is -2.25. The summed E-state index contributed by atoms with van der Waals surface area (Å²) in [6.45, 7) is 3.57. The third-order valence-electron chi connectivity index (χ3n) is 2.58. The third-order valence-corrected chi connectivity index (χ3v) is 2.58. The first-order valence-corrected chi connectivity index (χ1v) is 5.67. The van der Waals surface area contributed by atoms with Gasteiger partial charge in [0.05, 0.1) is 6.04 Å². The molecule has 0 radical (unpaired) electrons. The number of aryl methyl sites for hydroxylation is 1. The molecule has 19 heavy (non-hydrogen) atoms. The molecule has 0 saturated heterocycles. The molecule has 0 aliphatic heterocycles. The van der Waals surface area contributed by atoms with Gasteiger partial charge in [0, 0.05) is 0 Å². The third kappa shape index (κ3) is 2.85. The average Bonchev–Trinajstić information content (AvgIpc) is 2.96. The Labute approximate surface area is 109 Å². The Kier molecular flexibility index (Phi) is 3.41. The summed E-state index contributed by atoms with van der Waals surface area (Å²) in [5.41, 5.74) is 0. The second-order valence-electron chi connectivity index (χ2n) is 4.11. The lowest BCUT2D eigenvalue weighted by Gasteiger charge is -2.09. The van der Waals surface area contributed by atoms with Gasteiger partial charge in [-0.2, -0.15) is 0 Å². The molecule has 1 amide bonds. The first-order chi connectivity index (χ1) is 8.97. The number of rotatable bonds is 4. The molecule has 100 valence electrons. The Balaban J connectivity index is 2.06. The summed E-state index contributed by atoms with van der Waals surface area (Å²) >= 11 is 0. The van der Waals surface area contributed by atoms with E-state index in [0.29, 0.717) is 5.76 Å². The molecule has 2 aromatic heterocycles. The van der Waals surface area contributed by atoms with Gasteiger partial charge in [-0.1, -0.05) is 0 Å². The van der Waals surface area contributed by atoms with E-state index in [4.69, 9.17) is 13.9 Å². The lowest BCUT2D eigenvalue weighted by atomic mass is 10.2. The molecular formula is C13H13NO5. The van der Waals surface area contributed by atoms with E-state index in [0.717, 1.165) is 5.76 Å². The Hall–Kier alpha value is -2.50. The topological polar surface area (TPSA) is 92.7 Å². The van der Waals surface area contributed by atoms with E-state index in [1.807, 2.05) is 6.92 Å². The highest BCUT2D eigenvalue weighted by molar-refractivity contribution is 5.93. The number of hydrogen-bond acceptors (Lipinski definition) is 4. The van der Waals surface area contributed by atoms with Gasteiger partial charge in [-0.05, 0) is 38.1 Å². The van der Waals surface area contributed by atoms with Crippen molar-refractivity contribution in [2.24, 2.45) is 0 Å². The molecule has 0 spiro atoms. The summed E-state index contributed by atoms with van der Waals surface area (Å²) in [6.07, 6.45) is 0. The lowest BCUT2D eigenvalue weighted by molar-refractivity contribution is 0.0659. The van der Waals surface area contributed by atoms with Crippen molar-refractivity contribution in [3.63, 3.8) is 0 Å². The maximum absolute atomic E-state index is 11.8. The monoisotopic (exact) mass is 263 g/mol. The first kappa shape index (κ1) is 12.9. The van der Waals surface area contributed by atoms with Crippen LogP contribution in [0, 0.1) is 6.92 Å². The molecule has 2 heterocycles. The van der Waals surface area contributed by atoms with Crippen molar-refractivity contribution >= 4 is 11.9 Å². The smallest absolute Gasteiger partial charge is 0.371 e. The Morgan fingerprint density at radius 1 is 1.16 bits per heavy atom. The highest BCUT2D eigenvalue weighted by atomic mass is 16.4. The van der Waals surface area contributed by atoms with E-state index in [2.05, 4.69) is 5.32 Å². The number of aromatic carboxylic acids is 1. The SMILES string of the molecule is Cc1ccc(C(C)NC(=O)c2ccc(C(=O)O)o2)o1. The number of carbonyl (C=O) groups excluding carboxylic acids is 1. The Morgan fingerprint density at radius 3 is 2.37 bits per heavy atom. The van der Waals surface area contributed by atoms with Crippen LogP contribution >= 0.6 is 0 Å². The molecular weight excluding hydrogens is 250 g/mol. The molecule has 1 unspecified atom stereocenters. The molecule has 2 rings (SSSR count). The Bertz CT molecular complexity index is 610. The van der Waals surface area contributed by atoms with Gasteiger partial charge in [-0.25, -0.2) is 4.79 Å². The van der Waals surface area contributed by atoms with E-state index >= 15 is 0 Å². The predicted octanol–water partition coefficient (Wildman–Crippen LogP) is 2.37. The fourth-order valence-corrected chi connectivity index (χ4v) is 1.60. The largest absolute Gasteiger partial charge is 0.475 e. The van der Waals surface area contributed by atoms with Crippen LogP contribution in [0.15, 0.2) is 33.1 Å². The summed E-state index contributed by atoms with van der Waals surface area (Å²) in [5.74, 6) is -0.653. The summed E-state index contributed by atoms with van der Waals surface area (Å²) < 4.78 is 10.3. The first-order valence-electron chi connectivity index (χ1n) is 5.67. The average molecular weight is 263 g/mol. The molecule has 6 heteroatoms. The zero-order chi connectivity index (χ0) is 14.0. The molecule has 2 N–H and O–H groups in total. The number of carboxylic acid groups (broad SMARTS) is 1. The van der Waals surface area contributed by atoms with Crippen LogP contribution in [0.5, 0.6) is 0 Å². The predicted molar refractivity (Wildman–Crippen MR) is 65.0 cm³/mol. The number of nitrogens with one attached hydrogen (secondary N) is 1. The fraction of sp³-hybridized carbons (Fsp3) is 0.231. The van der Waals surface area contributed by atoms with Crippen molar-refractivity contribution in [2.45, 2.75) is 19.9 Å². The molecule has 6 nitrogen and oxygen atoms in total. The number of furan rings is 2. The van der Waals surface area contributed by atoms with Crippen LogP contribution in [0.4, 0.5) is 0 Å². The van der Waals surface area contributed by atoms with Crippen molar-refractivity contribution < 1.29 is 23.5 Å². The van der Waals surface area contributed by atoms with E-state index < -0.39 is 11.9 Å². The zero-order valence-electron chi connectivity index (χ0n) is 10.5. The van der Waals surface area contributed by atoms with E-state index in [9.17, 15) is 9.59 Å². The van der Waals surface area contributed by atoms with Crippen molar-refractivity contribution in [2.75, 3.05) is 0 Å². The molecule has 0 bridgehead atoms. The van der Waals surface area contributed by atoms with Crippen LogP contribution in [0.2, 0.25) is 0 Å². The van der Waals surface area contributed by atoms with Gasteiger partial charge >= 0.3 is 5.97 Å². The van der Waals surface area contributed by atoms with Crippen LogP contribution in [-0.4, -0.2) is 17.0 Å². The molecule has 1 atom stereocenters. The standard InChI is InChI=1S/C13H13NO5/c1-7-3-4-9(18-7)8(2)14-12(15)10-5-6-11(19-10)13(16)17/h3-6,8H,1-2H3,(H,14,15)(H,16,17). The minimum Gasteiger partial charge on any atom is -0.475 e. The number of carboxylic acids is 1. The van der Waals surface area contributed by atoms with Crippen LogP contribution in [-0.2, 0) is 0 Å². The second-order valence-corrected chi connectivity index (χ2v) is 4.11. The minimum atomic E-state index is -1.21. The number of hydrogen-bond donors (Lipinski definition) is 2. The van der Waals surface area contributed by atoms with Gasteiger partial charge < -0.3 is 19.3 Å². The van der Waals surface area contributed by atoms with Gasteiger partial charge in [0.25, 0.3) is 5.91 Å². The number of amides is 1. The summed E-state index contributed by atoms with van der Waals surface area (Å²) in [4.78, 5) is 22.5. The quantitative estimate of drug-likeness (QED) is 0.883. The summed E-state index contributed by atoms with van der Waals surface area (Å²) in [7, 11) is 0. The highest BCUT2D eigenvalue weighted by Crippen LogP contribution is 2.16. The molecule has 0 saturated carbocycles. The minimum absolute atomic E-state index is 0.0486. The van der Waals surface area contributed by atoms with Crippen LogP contribution in [0.25, 0.3) is 0 Å². The van der Waals surface area contributed by atoms with Crippen molar-refractivity contribution in [3.05, 3.63) is 47.3 Å². The molecule has 2 aromatic rings. The van der Waals surface area contributed by atoms with Gasteiger partial charge in [-0.15, -0.1) is 0 Å². The Morgan fingerprint density at radius 2 is 1.84 bits per heavy atom. The maximum atomic E-state index is 11.8. The summed E-state index contributed by atoms with van der Waals surface area (Å²) in [5, 5.41) is 11.4. The van der Waals surface area contributed by atoms with Crippen molar-refractivity contribution in [1.29, 1.82) is 0 Å².